The fourth-order valence-electron chi connectivity index (χ4n) is 0. The van der Waals surface area contributed by atoms with E-state index in [1.165, 1.54) is 0 Å². The van der Waals surface area contributed by atoms with Crippen LogP contribution in [-0.4, -0.2) is 127 Å². The molecule has 0 aromatic rings. The number of hydrogen-bond donors (Lipinski definition) is 0. The molecule has 2 radical (unpaired) electrons. The van der Waals surface area contributed by atoms with Gasteiger partial charge in [0.05, 0.1) is 0 Å². The molecule has 0 spiro atoms. The van der Waals surface area contributed by atoms with Gasteiger partial charge >= 0.3 is 54.6 Å². The van der Waals surface area contributed by atoms with Crippen molar-refractivity contribution in [2.45, 2.75) is 0 Å². The first-order valence-corrected chi connectivity index (χ1v) is 2.00. The molecule has 0 amide bonds. The Morgan fingerprint density at radius 3 is 0.889 bits per heavy atom. The third-order valence-electron chi connectivity index (χ3n) is 0. The Labute approximate surface area is 134 Å². The van der Waals surface area contributed by atoms with Crippen LogP contribution in [0.25, 0.3) is 0 Å². The van der Waals surface area contributed by atoms with Gasteiger partial charge in [0.2, 0.25) is 0 Å². The molecular formula is O4STl4. The zero-order valence-electron chi connectivity index (χ0n) is 4.35. The largest absolute Gasteiger partial charge is 1.00 e. The topological polar surface area (TPSA) is 80.3 Å². The predicted octanol–water partition coefficient (Wildman–Crippen LogP) is -2.86. The van der Waals surface area contributed by atoms with Crippen molar-refractivity contribution in [3.8, 4) is 0 Å². The summed E-state index contributed by atoms with van der Waals surface area (Å²) < 4.78 is 34.1. The van der Waals surface area contributed by atoms with Crippen molar-refractivity contribution in [1.29, 1.82) is 0 Å². The maximum atomic E-state index is 8.52. The van der Waals surface area contributed by atoms with Gasteiger partial charge in [0.15, 0.2) is 0 Å². The minimum atomic E-state index is -5.17. The van der Waals surface area contributed by atoms with Crippen LogP contribution in [0.15, 0.2) is 0 Å². The first-order valence-electron chi connectivity index (χ1n) is 0.667. The van der Waals surface area contributed by atoms with E-state index < -0.39 is 10.4 Å². The van der Waals surface area contributed by atoms with E-state index in [2.05, 4.69) is 0 Å². The third kappa shape index (κ3) is 83.4. The summed E-state index contributed by atoms with van der Waals surface area (Å²) in [6.07, 6.45) is 0. The van der Waals surface area contributed by atoms with E-state index in [9.17, 15) is 0 Å². The number of hydrogen-bond acceptors (Lipinski definition) is 4. The Balaban J connectivity index is -0.0000000133. The molecule has 0 heterocycles. The molecule has 0 aliphatic carbocycles. The average Bonchev–Trinajstić information content (AvgIpc) is 0.722. The van der Waals surface area contributed by atoms with Crippen LogP contribution in [0.1, 0.15) is 0 Å². The van der Waals surface area contributed by atoms with Crippen molar-refractivity contribution in [2.75, 3.05) is 0 Å². The molecule has 42 valence electrons. The van der Waals surface area contributed by atoms with Crippen LogP contribution in [0.3, 0.4) is 0 Å². The molecule has 0 aliphatic rings. The molecule has 0 rings (SSSR count). The van der Waals surface area contributed by atoms with Crippen molar-refractivity contribution < 1.29 is 17.5 Å². The minimum absolute atomic E-state index is 0. The van der Waals surface area contributed by atoms with Crippen molar-refractivity contribution in [1.82, 2.24) is 0 Å². The van der Waals surface area contributed by atoms with Gasteiger partial charge in [-0.15, -0.1) is 0 Å². The summed E-state index contributed by atoms with van der Waals surface area (Å²) in [5.74, 6) is 0. The number of rotatable bonds is 0. The Bertz CT molecular complexity index is 95.7. The summed E-state index contributed by atoms with van der Waals surface area (Å²) in [6.45, 7) is 0. The van der Waals surface area contributed by atoms with Gasteiger partial charge in [0.25, 0.3) is 0 Å². The predicted molar refractivity (Wildman–Crippen MR) is 33.5 cm³/mol. The van der Waals surface area contributed by atoms with Crippen molar-refractivity contribution in [3.05, 3.63) is 0 Å². The molecule has 9 heteroatoms. The molecule has 0 saturated heterocycles. The molecule has 0 bridgehead atoms. The average molecular weight is 914 g/mol. The molecule has 0 N–H and O–H groups in total. The van der Waals surface area contributed by atoms with Crippen molar-refractivity contribution in [3.63, 3.8) is 0 Å². The Morgan fingerprint density at radius 2 is 0.889 bits per heavy atom. The zero-order valence-corrected chi connectivity index (χ0v) is 23.1. The van der Waals surface area contributed by atoms with Gasteiger partial charge in [0, 0.05) is 65.0 Å². The van der Waals surface area contributed by atoms with E-state index in [0.717, 1.165) is 0 Å². The third-order valence-corrected chi connectivity index (χ3v) is 0. The maximum Gasteiger partial charge on any atom is 1.00 e. The van der Waals surface area contributed by atoms with Gasteiger partial charge in [-0.25, -0.2) is 0 Å². The SMILES string of the molecule is O=S(=O)([O-])[O-].[Tl+].[Tl+].[Tl].[Tl]. The summed E-state index contributed by atoms with van der Waals surface area (Å²) in [4.78, 5) is 0. The van der Waals surface area contributed by atoms with E-state index >= 15 is 0 Å². The summed E-state index contributed by atoms with van der Waals surface area (Å²) in [5, 5.41) is 0. The molecule has 0 unspecified atom stereocenters. The van der Waals surface area contributed by atoms with Crippen molar-refractivity contribution in [2.24, 2.45) is 0 Å². The van der Waals surface area contributed by atoms with E-state index in [0.29, 0.717) is 0 Å². The maximum absolute atomic E-state index is 8.52. The van der Waals surface area contributed by atoms with E-state index in [-0.39, 0.29) is 109 Å². The van der Waals surface area contributed by atoms with Crippen LogP contribution in [0.4, 0.5) is 0 Å². The monoisotopic (exact) mass is 916 g/mol. The van der Waals surface area contributed by atoms with Crippen LogP contribution in [0, 0.1) is 0 Å². The molecular weight excluding hydrogens is 914 g/mol. The Morgan fingerprint density at radius 1 is 0.889 bits per heavy atom. The molecule has 9 heavy (non-hydrogen) atoms. The standard InChI is InChI=1S/H2O4S.4Tl/c1-5(2,3)4;;;;/h(H2,1,2,3,4);;;;/q;;;2*+1/p-2. The quantitative estimate of drug-likeness (QED) is 0.149. The fraction of sp³-hybridized carbons (Fsp3) is 0. The summed E-state index contributed by atoms with van der Waals surface area (Å²) in [6, 6.07) is 0. The van der Waals surface area contributed by atoms with Crippen molar-refractivity contribution >= 4 is 120 Å². The van der Waals surface area contributed by atoms with E-state index in [4.69, 9.17) is 17.5 Å². The molecule has 0 aromatic carbocycles. The molecule has 0 fully saturated rings. The molecule has 0 saturated carbocycles. The molecule has 0 atom stereocenters. The first kappa shape index (κ1) is 29.4. The van der Waals surface area contributed by atoms with Crippen LogP contribution in [-0.2, 0) is 10.4 Å². The summed E-state index contributed by atoms with van der Waals surface area (Å²) >= 11 is 0. The zero-order chi connectivity index (χ0) is 4.50. The van der Waals surface area contributed by atoms with Gasteiger partial charge in [-0.2, -0.15) is 0 Å². The smallest absolute Gasteiger partial charge is 0.759 e. The van der Waals surface area contributed by atoms with E-state index in [1.54, 1.807) is 0 Å². The molecule has 0 aliphatic heterocycles. The molecule has 4 nitrogen and oxygen atoms in total. The second-order valence-corrected chi connectivity index (χ2v) is 1.22. The summed E-state index contributed by atoms with van der Waals surface area (Å²) in [5.41, 5.74) is 0. The molecule has 0 aromatic heterocycles. The van der Waals surface area contributed by atoms with Crippen LogP contribution in [0.5, 0.6) is 0 Å². The van der Waals surface area contributed by atoms with Crippen LogP contribution in [0.2, 0.25) is 0 Å². The van der Waals surface area contributed by atoms with Gasteiger partial charge in [-0.05, 0) is 0 Å². The van der Waals surface area contributed by atoms with E-state index in [1.807, 2.05) is 0 Å². The van der Waals surface area contributed by atoms with Gasteiger partial charge in [-0.3, -0.25) is 8.42 Å². The summed E-state index contributed by atoms with van der Waals surface area (Å²) in [7, 11) is -5.17. The Hall–Kier alpha value is 3.56. The minimum Gasteiger partial charge on any atom is -0.759 e. The fourth-order valence-corrected chi connectivity index (χ4v) is 0. The second kappa shape index (κ2) is 14.1. The van der Waals surface area contributed by atoms with Gasteiger partial charge < -0.3 is 9.11 Å². The van der Waals surface area contributed by atoms with Crippen LogP contribution < -0.4 is 0 Å². The normalized spacial score (nSPS) is 6.44. The second-order valence-electron chi connectivity index (χ2n) is 0.408. The first-order chi connectivity index (χ1) is 2.00. The van der Waals surface area contributed by atoms with Crippen LogP contribution >= 0.6 is 0 Å². The van der Waals surface area contributed by atoms with Gasteiger partial charge in [0.1, 0.15) is 0 Å². The Kier molecular flexibility index (Phi) is 46.0. The van der Waals surface area contributed by atoms with Gasteiger partial charge in [-0.1, -0.05) is 0 Å².